The lowest BCUT2D eigenvalue weighted by Crippen LogP contribution is -2.52. The monoisotopic (exact) mass is 312 g/mol. The number of aromatic nitrogens is 2. The topological polar surface area (TPSA) is 41.5 Å². The standard InChI is InChI=1S/C18H24N4O/c1-14-18(20-17-7-3-2-6-16(17)19-14)22-8-4-5-15(13-22)21-9-11-23-12-10-21/h2-3,6-7,15H,4-5,8-13H2,1H3. The fourth-order valence-corrected chi connectivity index (χ4v) is 3.77. The quantitative estimate of drug-likeness (QED) is 0.851. The zero-order valence-electron chi connectivity index (χ0n) is 13.7. The van der Waals surface area contributed by atoms with E-state index in [9.17, 15) is 0 Å². The first kappa shape index (κ1) is 14.8. The molecule has 0 amide bonds. The van der Waals surface area contributed by atoms with Crippen molar-refractivity contribution in [2.75, 3.05) is 44.3 Å². The molecule has 0 aliphatic carbocycles. The Morgan fingerprint density at radius 2 is 1.78 bits per heavy atom. The zero-order valence-corrected chi connectivity index (χ0v) is 13.7. The summed E-state index contributed by atoms with van der Waals surface area (Å²) in [6, 6.07) is 8.75. The van der Waals surface area contributed by atoms with Gasteiger partial charge in [0.05, 0.1) is 29.9 Å². The number of nitrogens with zero attached hydrogens (tertiary/aromatic N) is 4. The molecule has 2 aliphatic rings. The normalized spacial score (nSPS) is 23.3. The van der Waals surface area contributed by atoms with Crippen molar-refractivity contribution in [2.45, 2.75) is 25.8 Å². The zero-order chi connectivity index (χ0) is 15.6. The minimum absolute atomic E-state index is 0.611. The lowest BCUT2D eigenvalue weighted by molar-refractivity contribution is 0.0137. The van der Waals surface area contributed by atoms with Gasteiger partial charge in [-0.3, -0.25) is 4.90 Å². The summed E-state index contributed by atoms with van der Waals surface area (Å²) in [5.74, 6) is 1.06. The minimum Gasteiger partial charge on any atom is -0.379 e. The van der Waals surface area contributed by atoms with E-state index >= 15 is 0 Å². The van der Waals surface area contributed by atoms with Gasteiger partial charge in [-0.2, -0.15) is 0 Å². The van der Waals surface area contributed by atoms with Gasteiger partial charge in [0.1, 0.15) is 0 Å². The van der Waals surface area contributed by atoms with Gasteiger partial charge >= 0.3 is 0 Å². The second-order valence-electron chi connectivity index (χ2n) is 6.51. The maximum absolute atomic E-state index is 5.49. The fourth-order valence-electron chi connectivity index (χ4n) is 3.77. The van der Waals surface area contributed by atoms with Crippen molar-refractivity contribution in [1.82, 2.24) is 14.9 Å². The number of hydrogen-bond acceptors (Lipinski definition) is 5. The van der Waals surface area contributed by atoms with Gasteiger partial charge in [0.2, 0.25) is 0 Å². The van der Waals surface area contributed by atoms with Crippen LogP contribution in [-0.2, 0) is 4.74 Å². The van der Waals surface area contributed by atoms with E-state index in [0.717, 1.165) is 61.9 Å². The number of anilines is 1. The molecule has 1 aromatic carbocycles. The van der Waals surface area contributed by atoms with Gasteiger partial charge in [-0.25, -0.2) is 9.97 Å². The van der Waals surface area contributed by atoms with Crippen molar-refractivity contribution in [2.24, 2.45) is 0 Å². The predicted octanol–water partition coefficient (Wildman–Crippen LogP) is 2.24. The first-order valence-corrected chi connectivity index (χ1v) is 8.61. The molecule has 1 unspecified atom stereocenters. The van der Waals surface area contributed by atoms with Crippen molar-refractivity contribution in [3.63, 3.8) is 0 Å². The SMILES string of the molecule is Cc1nc2ccccc2nc1N1CCCC(N2CCOCC2)C1. The molecule has 2 aliphatic heterocycles. The molecule has 1 aromatic heterocycles. The molecule has 3 heterocycles. The van der Waals surface area contributed by atoms with E-state index in [-0.39, 0.29) is 0 Å². The summed E-state index contributed by atoms with van der Waals surface area (Å²) in [7, 11) is 0. The van der Waals surface area contributed by atoms with E-state index in [1.54, 1.807) is 0 Å². The van der Waals surface area contributed by atoms with Crippen LogP contribution in [-0.4, -0.2) is 60.3 Å². The molecule has 2 saturated heterocycles. The number of hydrogen-bond donors (Lipinski definition) is 0. The molecule has 0 N–H and O–H groups in total. The minimum atomic E-state index is 0.611. The third-order valence-corrected chi connectivity index (χ3v) is 4.98. The van der Waals surface area contributed by atoms with Crippen LogP contribution in [0.5, 0.6) is 0 Å². The van der Waals surface area contributed by atoms with Crippen molar-refractivity contribution < 1.29 is 4.74 Å². The Bertz CT molecular complexity index is 684. The summed E-state index contributed by atoms with van der Waals surface area (Å²) in [4.78, 5) is 14.7. The van der Waals surface area contributed by atoms with Crippen molar-refractivity contribution in [3.8, 4) is 0 Å². The maximum Gasteiger partial charge on any atom is 0.150 e. The summed E-state index contributed by atoms with van der Waals surface area (Å²) >= 11 is 0. The lowest BCUT2D eigenvalue weighted by atomic mass is 10.0. The first-order valence-electron chi connectivity index (χ1n) is 8.61. The predicted molar refractivity (Wildman–Crippen MR) is 91.9 cm³/mol. The van der Waals surface area contributed by atoms with Crippen LogP contribution in [0, 0.1) is 6.92 Å². The number of fused-ring (bicyclic) bond motifs is 1. The molecule has 122 valence electrons. The van der Waals surface area contributed by atoms with Crippen molar-refractivity contribution in [1.29, 1.82) is 0 Å². The smallest absolute Gasteiger partial charge is 0.150 e. The summed E-state index contributed by atoms with van der Waals surface area (Å²) in [5, 5.41) is 0. The van der Waals surface area contributed by atoms with E-state index in [0.29, 0.717) is 6.04 Å². The Labute approximate surface area is 137 Å². The first-order chi connectivity index (χ1) is 11.3. The third-order valence-electron chi connectivity index (χ3n) is 4.98. The summed E-state index contributed by atoms with van der Waals surface area (Å²) in [6.45, 7) is 8.05. The Kier molecular flexibility index (Phi) is 4.14. The van der Waals surface area contributed by atoms with Crippen LogP contribution in [0.15, 0.2) is 24.3 Å². The molecular formula is C18H24N4O. The Morgan fingerprint density at radius 1 is 1.04 bits per heavy atom. The van der Waals surface area contributed by atoms with Crippen LogP contribution >= 0.6 is 0 Å². The van der Waals surface area contributed by atoms with Crippen LogP contribution in [0.1, 0.15) is 18.5 Å². The van der Waals surface area contributed by atoms with E-state index in [1.807, 2.05) is 18.2 Å². The molecule has 4 rings (SSSR count). The van der Waals surface area contributed by atoms with Gasteiger partial charge in [0.25, 0.3) is 0 Å². The molecule has 23 heavy (non-hydrogen) atoms. The third kappa shape index (κ3) is 3.03. The largest absolute Gasteiger partial charge is 0.379 e. The molecule has 1 atom stereocenters. The molecule has 2 aromatic rings. The number of benzene rings is 1. The molecule has 0 spiro atoms. The second-order valence-corrected chi connectivity index (χ2v) is 6.51. The van der Waals surface area contributed by atoms with E-state index in [2.05, 4.69) is 22.8 Å². The molecule has 0 radical (unpaired) electrons. The number of ether oxygens (including phenoxy) is 1. The van der Waals surface area contributed by atoms with Gasteiger partial charge < -0.3 is 9.64 Å². The number of piperidine rings is 1. The number of para-hydroxylation sites is 2. The average molecular weight is 312 g/mol. The highest BCUT2D eigenvalue weighted by Crippen LogP contribution is 2.25. The lowest BCUT2D eigenvalue weighted by Gasteiger charge is -2.41. The van der Waals surface area contributed by atoms with Gasteiger partial charge in [-0.1, -0.05) is 12.1 Å². The maximum atomic E-state index is 5.49. The summed E-state index contributed by atoms with van der Waals surface area (Å²) in [6.07, 6.45) is 2.49. The van der Waals surface area contributed by atoms with E-state index in [1.165, 1.54) is 12.8 Å². The van der Waals surface area contributed by atoms with Crippen molar-refractivity contribution >= 4 is 16.9 Å². The second kappa shape index (κ2) is 6.42. The van der Waals surface area contributed by atoms with Crippen molar-refractivity contribution in [3.05, 3.63) is 30.0 Å². The number of morpholine rings is 1. The highest BCUT2D eigenvalue weighted by Gasteiger charge is 2.28. The van der Waals surface area contributed by atoms with Crippen LogP contribution in [0.3, 0.4) is 0 Å². The summed E-state index contributed by atoms with van der Waals surface area (Å²) < 4.78 is 5.49. The van der Waals surface area contributed by atoms with Gasteiger partial charge in [-0.15, -0.1) is 0 Å². The van der Waals surface area contributed by atoms with Crippen LogP contribution < -0.4 is 4.90 Å². The molecule has 5 nitrogen and oxygen atoms in total. The molecule has 2 fully saturated rings. The van der Waals surface area contributed by atoms with Gasteiger partial charge in [0.15, 0.2) is 5.82 Å². The Morgan fingerprint density at radius 3 is 2.57 bits per heavy atom. The van der Waals surface area contributed by atoms with E-state index < -0.39 is 0 Å². The number of rotatable bonds is 2. The molecule has 0 bridgehead atoms. The van der Waals surface area contributed by atoms with Gasteiger partial charge in [-0.05, 0) is 31.9 Å². The molecule has 5 heteroatoms. The van der Waals surface area contributed by atoms with E-state index in [4.69, 9.17) is 14.7 Å². The highest BCUT2D eigenvalue weighted by molar-refractivity contribution is 5.76. The Hall–Kier alpha value is -1.72. The van der Waals surface area contributed by atoms with Crippen LogP contribution in [0.2, 0.25) is 0 Å². The highest BCUT2D eigenvalue weighted by atomic mass is 16.5. The molecular weight excluding hydrogens is 288 g/mol. The fraction of sp³-hybridized carbons (Fsp3) is 0.556. The molecule has 0 saturated carbocycles. The van der Waals surface area contributed by atoms with Crippen LogP contribution in [0.4, 0.5) is 5.82 Å². The van der Waals surface area contributed by atoms with Crippen LogP contribution in [0.25, 0.3) is 11.0 Å². The van der Waals surface area contributed by atoms with Gasteiger partial charge in [0, 0.05) is 32.2 Å². The Balaban J connectivity index is 1.58. The average Bonchev–Trinajstić information content (AvgIpc) is 2.62. The summed E-state index contributed by atoms with van der Waals surface area (Å²) in [5.41, 5.74) is 3.00. The number of aryl methyl sites for hydroxylation is 1.